The second kappa shape index (κ2) is 4.59. The molecule has 5 heteroatoms. The third-order valence-corrected chi connectivity index (χ3v) is 3.07. The van der Waals surface area contributed by atoms with Gasteiger partial charge in [0, 0.05) is 18.8 Å². The minimum atomic E-state index is -0.148. The Morgan fingerprint density at radius 1 is 1.79 bits per heavy atom. The summed E-state index contributed by atoms with van der Waals surface area (Å²) in [5, 5.41) is 6.87. The first-order valence-electron chi connectivity index (χ1n) is 4.50. The van der Waals surface area contributed by atoms with Gasteiger partial charge in [-0.05, 0) is 13.3 Å². The van der Waals surface area contributed by atoms with Crippen LogP contribution in [0.5, 0.6) is 0 Å². The van der Waals surface area contributed by atoms with Crippen LogP contribution >= 0.6 is 15.9 Å². The topological polar surface area (TPSA) is 46.9 Å². The standard InChI is InChI=1S/C9H14BrN3O/c1-4-7(10)9(14)11-8-5-6(2)13(3)12-8/h5,7H,4H2,1-3H3,(H,11,12,14). The average molecular weight is 260 g/mol. The number of rotatable bonds is 3. The Balaban J connectivity index is 2.65. The number of aryl methyl sites for hydroxylation is 2. The first-order valence-corrected chi connectivity index (χ1v) is 5.41. The number of carbonyl (C=O) groups is 1. The van der Waals surface area contributed by atoms with Crippen molar-refractivity contribution < 1.29 is 4.79 Å². The van der Waals surface area contributed by atoms with E-state index in [1.807, 2.05) is 27.0 Å². The van der Waals surface area contributed by atoms with Crippen LogP contribution in [-0.4, -0.2) is 20.5 Å². The highest BCUT2D eigenvalue weighted by Crippen LogP contribution is 2.11. The minimum Gasteiger partial charge on any atom is -0.308 e. The highest BCUT2D eigenvalue weighted by atomic mass is 79.9. The molecule has 1 amide bonds. The predicted molar refractivity (Wildman–Crippen MR) is 59.6 cm³/mol. The van der Waals surface area contributed by atoms with Gasteiger partial charge in [-0.2, -0.15) is 5.10 Å². The molecule has 0 aliphatic carbocycles. The minimum absolute atomic E-state index is 0.0504. The van der Waals surface area contributed by atoms with Crippen LogP contribution in [0.3, 0.4) is 0 Å². The van der Waals surface area contributed by atoms with Gasteiger partial charge in [0.05, 0.1) is 4.83 Å². The second-order valence-electron chi connectivity index (χ2n) is 3.16. The zero-order valence-corrected chi connectivity index (χ0v) is 10.1. The van der Waals surface area contributed by atoms with Gasteiger partial charge in [0.25, 0.3) is 0 Å². The zero-order valence-electron chi connectivity index (χ0n) is 8.54. The summed E-state index contributed by atoms with van der Waals surface area (Å²) in [5.74, 6) is 0.554. The molecule has 1 N–H and O–H groups in total. The largest absolute Gasteiger partial charge is 0.308 e. The summed E-state index contributed by atoms with van der Waals surface area (Å²) in [6, 6.07) is 1.84. The summed E-state index contributed by atoms with van der Waals surface area (Å²) in [6.07, 6.45) is 0.762. The lowest BCUT2D eigenvalue weighted by atomic mass is 10.3. The smallest absolute Gasteiger partial charge is 0.239 e. The lowest BCUT2D eigenvalue weighted by Gasteiger charge is -2.05. The highest BCUT2D eigenvalue weighted by molar-refractivity contribution is 9.10. The molecular formula is C9H14BrN3O. The Labute approximate surface area is 91.8 Å². The Morgan fingerprint density at radius 2 is 2.43 bits per heavy atom. The van der Waals surface area contributed by atoms with Crippen LogP contribution in [0.1, 0.15) is 19.0 Å². The van der Waals surface area contributed by atoms with E-state index in [-0.39, 0.29) is 10.7 Å². The van der Waals surface area contributed by atoms with Crippen molar-refractivity contribution in [3.63, 3.8) is 0 Å². The van der Waals surface area contributed by atoms with E-state index < -0.39 is 0 Å². The molecular weight excluding hydrogens is 246 g/mol. The van der Waals surface area contributed by atoms with Crippen LogP contribution in [0, 0.1) is 6.92 Å². The van der Waals surface area contributed by atoms with Crippen LogP contribution in [0.25, 0.3) is 0 Å². The summed E-state index contributed by atoms with van der Waals surface area (Å²) in [5.41, 5.74) is 1.02. The van der Waals surface area contributed by atoms with E-state index in [0.717, 1.165) is 12.1 Å². The van der Waals surface area contributed by atoms with Gasteiger partial charge in [-0.25, -0.2) is 0 Å². The number of carbonyl (C=O) groups excluding carboxylic acids is 1. The van der Waals surface area contributed by atoms with E-state index >= 15 is 0 Å². The Hall–Kier alpha value is -0.840. The monoisotopic (exact) mass is 259 g/mol. The van der Waals surface area contributed by atoms with Crippen molar-refractivity contribution in [2.45, 2.75) is 25.1 Å². The number of anilines is 1. The third kappa shape index (κ3) is 2.57. The molecule has 0 aromatic carbocycles. The highest BCUT2D eigenvalue weighted by Gasteiger charge is 2.13. The van der Waals surface area contributed by atoms with Gasteiger partial charge in [-0.1, -0.05) is 22.9 Å². The molecule has 78 valence electrons. The molecule has 0 fully saturated rings. The molecule has 0 bridgehead atoms. The molecule has 0 spiro atoms. The molecule has 4 nitrogen and oxygen atoms in total. The van der Waals surface area contributed by atoms with Gasteiger partial charge in [0.1, 0.15) is 0 Å². The van der Waals surface area contributed by atoms with Crippen LogP contribution in [0.2, 0.25) is 0 Å². The van der Waals surface area contributed by atoms with Crippen molar-refractivity contribution in [3.05, 3.63) is 11.8 Å². The number of aromatic nitrogens is 2. The maximum Gasteiger partial charge on any atom is 0.239 e. The number of hydrogen-bond donors (Lipinski definition) is 1. The number of alkyl halides is 1. The molecule has 0 aliphatic rings. The molecule has 1 aromatic rings. The summed E-state index contributed by atoms with van der Waals surface area (Å²) in [7, 11) is 1.84. The molecule has 14 heavy (non-hydrogen) atoms. The summed E-state index contributed by atoms with van der Waals surface area (Å²) >= 11 is 3.28. The van der Waals surface area contributed by atoms with Gasteiger partial charge < -0.3 is 5.32 Å². The van der Waals surface area contributed by atoms with Crippen molar-refractivity contribution >= 4 is 27.7 Å². The van der Waals surface area contributed by atoms with E-state index in [0.29, 0.717) is 5.82 Å². The van der Waals surface area contributed by atoms with Gasteiger partial charge in [-0.15, -0.1) is 0 Å². The summed E-state index contributed by atoms with van der Waals surface area (Å²) in [4.78, 5) is 11.3. The van der Waals surface area contributed by atoms with E-state index in [4.69, 9.17) is 0 Å². The van der Waals surface area contributed by atoms with Gasteiger partial charge in [0.2, 0.25) is 5.91 Å². The Morgan fingerprint density at radius 3 is 2.86 bits per heavy atom. The van der Waals surface area contributed by atoms with Crippen LogP contribution in [0.4, 0.5) is 5.82 Å². The van der Waals surface area contributed by atoms with Crippen molar-refractivity contribution in [1.29, 1.82) is 0 Å². The van der Waals surface area contributed by atoms with Crippen molar-refractivity contribution in [1.82, 2.24) is 9.78 Å². The molecule has 1 aromatic heterocycles. The van der Waals surface area contributed by atoms with Gasteiger partial charge in [0.15, 0.2) is 5.82 Å². The molecule has 1 atom stereocenters. The first kappa shape index (κ1) is 11.2. The maximum absolute atomic E-state index is 11.5. The fourth-order valence-electron chi connectivity index (χ4n) is 1.01. The lowest BCUT2D eigenvalue weighted by Crippen LogP contribution is -2.22. The second-order valence-corrected chi connectivity index (χ2v) is 4.26. The van der Waals surface area contributed by atoms with Crippen LogP contribution < -0.4 is 5.32 Å². The number of hydrogen-bond acceptors (Lipinski definition) is 2. The van der Waals surface area contributed by atoms with E-state index in [9.17, 15) is 4.79 Å². The molecule has 1 rings (SSSR count). The van der Waals surface area contributed by atoms with Crippen molar-refractivity contribution in [3.8, 4) is 0 Å². The number of amides is 1. The first-order chi connectivity index (χ1) is 6.54. The molecule has 1 heterocycles. The van der Waals surface area contributed by atoms with Crippen LogP contribution in [-0.2, 0) is 11.8 Å². The molecule has 0 aliphatic heterocycles. The molecule has 1 unspecified atom stereocenters. The Kier molecular flexibility index (Phi) is 3.69. The zero-order chi connectivity index (χ0) is 10.7. The lowest BCUT2D eigenvalue weighted by molar-refractivity contribution is -0.115. The van der Waals surface area contributed by atoms with Crippen molar-refractivity contribution in [2.75, 3.05) is 5.32 Å². The van der Waals surface area contributed by atoms with E-state index in [1.54, 1.807) is 4.68 Å². The SMILES string of the molecule is CCC(Br)C(=O)Nc1cc(C)n(C)n1. The summed E-state index contributed by atoms with van der Waals surface area (Å²) in [6.45, 7) is 3.89. The summed E-state index contributed by atoms with van der Waals surface area (Å²) < 4.78 is 1.73. The maximum atomic E-state index is 11.5. The number of halogens is 1. The normalized spacial score (nSPS) is 12.6. The Bertz CT molecular complexity index is 315. The molecule has 0 saturated heterocycles. The number of nitrogens with zero attached hydrogens (tertiary/aromatic N) is 2. The van der Waals surface area contributed by atoms with E-state index in [1.165, 1.54) is 0 Å². The fraction of sp³-hybridized carbons (Fsp3) is 0.556. The van der Waals surface area contributed by atoms with Crippen LogP contribution in [0.15, 0.2) is 6.07 Å². The van der Waals surface area contributed by atoms with Crippen molar-refractivity contribution in [2.24, 2.45) is 7.05 Å². The molecule has 0 radical (unpaired) electrons. The van der Waals surface area contributed by atoms with Gasteiger partial charge >= 0.3 is 0 Å². The average Bonchev–Trinajstić information content (AvgIpc) is 2.44. The molecule has 0 saturated carbocycles. The third-order valence-electron chi connectivity index (χ3n) is 2.01. The fourth-order valence-corrected chi connectivity index (χ4v) is 1.13. The van der Waals surface area contributed by atoms with E-state index in [2.05, 4.69) is 26.3 Å². The quantitative estimate of drug-likeness (QED) is 0.843. The van der Waals surface area contributed by atoms with Gasteiger partial charge in [-0.3, -0.25) is 9.48 Å². The number of nitrogens with one attached hydrogen (secondary N) is 1. The predicted octanol–water partition coefficient (Wildman–Crippen LogP) is 1.84.